The minimum Gasteiger partial charge on any atom is -0.347 e. The molecule has 20 heavy (non-hydrogen) atoms. The molecule has 6 heteroatoms. The molecule has 1 aromatic heterocycles. The second-order valence-electron chi connectivity index (χ2n) is 4.55. The molecule has 0 spiro atoms. The van der Waals surface area contributed by atoms with Gasteiger partial charge in [0.2, 0.25) is 5.91 Å². The van der Waals surface area contributed by atoms with Gasteiger partial charge in [-0.15, -0.1) is 10.2 Å². The number of aromatic nitrogens is 3. The van der Waals surface area contributed by atoms with Gasteiger partial charge in [0.1, 0.15) is 6.33 Å². The van der Waals surface area contributed by atoms with Gasteiger partial charge in [-0.3, -0.25) is 4.79 Å². The van der Waals surface area contributed by atoms with Crippen molar-refractivity contribution in [1.29, 1.82) is 0 Å². The molecular formula is C14H19N5O. The molecule has 1 aromatic carbocycles. The summed E-state index contributed by atoms with van der Waals surface area (Å²) in [6.45, 7) is 3.11. The summed E-state index contributed by atoms with van der Waals surface area (Å²) in [7, 11) is 0. The molecular weight excluding hydrogens is 254 g/mol. The van der Waals surface area contributed by atoms with E-state index in [9.17, 15) is 4.79 Å². The van der Waals surface area contributed by atoms with Crippen molar-refractivity contribution < 1.29 is 4.79 Å². The second-order valence-corrected chi connectivity index (χ2v) is 4.55. The van der Waals surface area contributed by atoms with Crippen LogP contribution in [-0.4, -0.2) is 26.7 Å². The number of rotatable bonds is 6. The van der Waals surface area contributed by atoms with Crippen molar-refractivity contribution in [1.82, 2.24) is 20.1 Å². The first-order chi connectivity index (χ1) is 9.70. The zero-order valence-corrected chi connectivity index (χ0v) is 11.5. The van der Waals surface area contributed by atoms with Crippen LogP contribution in [0.2, 0.25) is 0 Å². The summed E-state index contributed by atoms with van der Waals surface area (Å²) in [6, 6.07) is 9.16. The minimum atomic E-state index is -0.560. The number of nitrogens with two attached hydrogens (primary N) is 1. The molecule has 0 saturated carbocycles. The van der Waals surface area contributed by atoms with Crippen molar-refractivity contribution in [3.63, 3.8) is 0 Å². The van der Waals surface area contributed by atoms with Crippen LogP contribution >= 0.6 is 0 Å². The van der Waals surface area contributed by atoms with E-state index in [1.54, 1.807) is 6.33 Å². The Kier molecular flexibility index (Phi) is 4.84. The number of carbonyl (C=O) groups excluding carboxylic acids is 1. The van der Waals surface area contributed by atoms with Gasteiger partial charge in [0.05, 0.1) is 12.6 Å². The average Bonchev–Trinajstić information content (AvgIpc) is 2.93. The number of nitrogens with one attached hydrogen (secondary N) is 1. The number of carbonyl (C=O) groups is 1. The summed E-state index contributed by atoms with van der Waals surface area (Å²) in [5.74, 6) is 0.548. The Morgan fingerprint density at radius 2 is 2.15 bits per heavy atom. The van der Waals surface area contributed by atoms with Gasteiger partial charge in [-0.1, -0.05) is 30.3 Å². The topological polar surface area (TPSA) is 85.8 Å². The largest absolute Gasteiger partial charge is 0.347 e. The molecule has 0 saturated heterocycles. The average molecular weight is 273 g/mol. The van der Waals surface area contributed by atoms with Crippen molar-refractivity contribution >= 4 is 5.91 Å². The zero-order valence-electron chi connectivity index (χ0n) is 11.5. The summed E-state index contributed by atoms with van der Waals surface area (Å²) in [5, 5.41) is 10.6. The Labute approximate surface area is 118 Å². The summed E-state index contributed by atoms with van der Waals surface area (Å²) >= 11 is 0. The maximum Gasteiger partial charge on any atom is 0.237 e. The van der Waals surface area contributed by atoms with Gasteiger partial charge in [-0.25, -0.2) is 0 Å². The lowest BCUT2D eigenvalue weighted by molar-refractivity contribution is -0.122. The number of aryl methyl sites for hydroxylation is 1. The maximum absolute atomic E-state index is 11.9. The second kappa shape index (κ2) is 6.81. The number of hydrogen-bond acceptors (Lipinski definition) is 4. The quantitative estimate of drug-likeness (QED) is 0.801. The number of nitrogens with zero attached hydrogens (tertiary/aromatic N) is 3. The third kappa shape index (κ3) is 3.64. The Balaban J connectivity index is 1.85. The lowest BCUT2D eigenvalue weighted by Gasteiger charge is -2.12. The van der Waals surface area contributed by atoms with Crippen LogP contribution < -0.4 is 11.1 Å². The third-order valence-electron chi connectivity index (χ3n) is 3.09. The van der Waals surface area contributed by atoms with Crippen molar-refractivity contribution in [2.45, 2.75) is 32.5 Å². The fourth-order valence-corrected chi connectivity index (χ4v) is 1.94. The highest BCUT2D eigenvalue weighted by Crippen LogP contribution is 2.02. The SMILES string of the molecule is CCn1cnnc1CNC(=O)[C@@H](N)Cc1ccccc1. The van der Waals surface area contributed by atoms with Gasteiger partial charge < -0.3 is 15.6 Å². The summed E-state index contributed by atoms with van der Waals surface area (Å²) in [4.78, 5) is 11.9. The number of amides is 1. The zero-order chi connectivity index (χ0) is 14.4. The first-order valence-electron chi connectivity index (χ1n) is 6.64. The van der Waals surface area contributed by atoms with Crippen molar-refractivity contribution in [2.24, 2.45) is 5.73 Å². The third-order valence-corrected chi connectivity index (χ3v) is 3.09. The number of benzene rings is 1. The molecule has 0 aliphatic carbocycles. The summed E-state index contributed by atoms with van der Waals surface area (Å²) in [6.07, 6.45) is 2.17. The van der Waals surface area contributed by atoms with E-state index in [2.05, 4.69) is 15.5 Å². The maximum atomic E-state index is 11.9. The molecule has 2 rings (SSSR count). The normalized spacial score (nSPS) is 12.1. The molecule has 2 aromatic rings. The van der Waals surface area contributed by atoms with Gasteiger partial charge in [-0.2, -0.15) is 0 Å². The number of hydrogen-bond donors (Lipinski definition) is 2. The van der Waals surface area contributed by atoms with Gasteiger partial charge in [-0.05, 0) is 18.9 Å². The van der Waals surface area contributed by atoms with Gasteiger partial charge in [0.15, 0.2) is 5.82 Å². The predicted octanol–water partition coefficient (Wildman–Crippen LogP) is 0.484. The Hall–Kier alpha value is -2.21. The standard InChI is InChI=1S/C14H19N5O/c1-2-19-10-17-18-13(19)9-16-14(20)12(15)8-11-6-4-3-5-7-11/h3-7,10,12H,2,8-9,15H2,1H3,(H,16,20)/t12-/m0/s1. The summed E-state index contributed by atoms with van der Waals surface area (Å²) in [5.41, 5.74) is 6.95. The molecule has 1 atom stereocenters. The van der Waals surface area contributed by atoms with E-state index in [0.717, 1.165) is 17.9 Å². The fourth-order valence-electron chi connectivity index (χ4n) is 1.94. The molecule has 0 radical (unpaired) electrons. The van der Waals surface area contributed by atoms with E-state index in [4.69, 9.17) is 5.73 Å². The van der Waals surface area contributed by atoms with E-state index in [0.29, 0.717) is 13.0 Å². The van der Waals surface area contributed by atoms with Crippen LogP contribution in [0.3, 0.4) is 0 Å². The van der Waals surface area contributed by atoms with E-state index < -0.39 is 6.04 Å². The Morgan fingerprint density at radius 3 is 2.85 bits per heavy atom. The van der Waals surface area contributed by atoms with Gasteiger partial charge >= 0.3 is 0 Å². The minimum absolute atomic E-state index is 0.181. The predicted molar refractivity (Wildman–Crippen MR) is 75.7 cm³/mol. The monoisotopic (exact) mass is 273 g/mol. The van der Waals surface area contributed by atoms with Gasteiger partial charge in [0, 0.05) is 6.54 Å². The molecule has 0 unspecified atom stereocenters. The lowest BCUT2D eigenvalue weighted by atomic mass is 10.1. The molecule has 106 valence electrons. The molecule has 3 N–H and O–H groups in total. The van der Waals surface area contributed by atoms with E-state index in [1.807, 2.05) is 41.8 Å². The van der Waals surface area contributed by atoms with E-state index >= 15 is 0 Å². The van der Waals surface area contributed by atoms with Crippen molar-refractivity contribution in [3.05, 3.63) is 48.0 Å². The van der Waals surface area contributed by atoms with Crippen LogP contribution in [0.4, 0.5) is 0 Å². The Bertz CT molecular complexity index is 552. The molecule has 6 nitrogen and oxygen atoms in total. The van der Waals surface area contributed by atoms with Crippen molar-refractivity contribution in [3.8, 4) is 0 Å². The highest BCUT2D eigenvalue weighted by atomic mass is 16.2. The van der Waals surface area contributed by atoms with Crippen LogP contribution in [0, 0.1) is 0 Å². The van der Waals surface area contributed by atoms with Crippen LogP contribution in [0.1, 0.15) is 18.3 Å². The van der Waals surface area contributed by atoms with Crippen LogP contribution in [0.15, 0.2) is 36.7 Å². The Morgan fingerprint density at radius 1 is 1.40 bits per heavy atom. The smallest absolute Gasteiger partial charge is 0.237 e. The molecule has 0 bridgehead atoms. The molecule has 0 aliphatic heterocycles. The molecule has 0 fully saturated rings. The van der Waals surface area contributed by atoms with E-state index in [-0.39, 0.29) is 5.91 Å². The van der Waals surface area contributed by atoms with Crippen molar-refractivity contribution in [2.75, 3.05) is 0 Å². The van der Waals surface area contributed by atoms with E-state index in [1.165, 1.54) is 0 Å². The lowest BCUT2D eigenvalue weighted by Crippen LogP contribution is -2.42. The van der Waals surface area contributed by atoms with Crippen LogP contribution in [0.25, 0.3) is 0 Å². The van der Waals surface area contributed by atoms with Gasteiger partial charge in [0.25, 0.3) is 0 Å². The van der Waals surface area contributed by atoms with Crippen LogP contribution in [0.5, 0.6) is 0 Å². The summed E-state index contributed by atoms with van der Waals surface area (Å²) < 4.78 is 1.88. The highest BCUT2D eigenvalue weighted by Gasteiger charge is 2.14. The first kappa shape index (κ1) is 14.2. The molecule has 0 aliphatic rings. The molecule has 1 heterocycles. The fraction of sp³-hybridized carbons (Fsp3) is 0.357. The first-order valence-corrected chi connectivity index (χ1v) is 6.64. The highest BCUT2D eigenvalue weighted by molar-refractivity contribution is 5.81. The molecule has 1 amide bonds. The van der Waals surface area contributed by atoms with Crippen LogP contribution in [-0.2, 0) is 24.3 Å².